The highest BCUT2D eigenvalue weighted by molar-refractivity contribution is 5.86. The first kappa shape index (κ1) is 12.3. The molecule has 1 aromatic carbocycles. The molecule has 0 radical (unpaired) electrons. The zero-order valence-electron chi connectivity index (χ0n) is 10.2. The Balaban J connectivity index is 2.44. The van der Waals surface area contributed by atoms with Crippen molar-refractivity contribution in [1.29, 1.82) is 0 Å². The van der Waals surface area contributed by atoms with E-state index in [4.69, 9.17) is 4.74 Å². The molecule has 19 heavy (non-hydrogen) atoms. The Labute approximate surface area is 107 Å². The fourth-order valence-corrected chi connectivity index (χ4v) is 2.53. The molecule has 0 aliphatic carbocycles. The summed E-state index contributed by atoms with van der Waals surface area (Å²) in [5.74, 6) is -2.13. The lowest BCUT2D eigenvalue weighted by molar-refractivity contribution is 0.0819. The van der Waals surface area contributed by atoms with Crippen molar-refractivity contribution in [2.45, 2.75) is 12.6 Å². The van der Waals surface area contributed by atoms with Gasteiger partial charge in [0.15, 0.2) is 11.6 Å². The molecule has 0 saturated heterocycles. The molecule has 2 N–H and O–H groups in total. The molecule has 0 bridgehead atoms. The topological polar surface area (TPSA) is 54.1 Å². The molecule has 0 amide bonds. The number of ether oxygens (including phenoxy) is 1. The lowest BCUT2D eigenvalue weighted by Crippen LogP contribution is -2.30. The molecule has 0 spiro atoms. The summed E-state index contributed by atoms with van der Waals surface area (Å²) in [4.78, 5) is 14.5. The summed E-state index contributed by atoms with van der Waals surface area (Å²) in [6.45, 7) is 0.682. The lowest BCUT2D eigenvalue weighted by Gasteiger charge is -2.26. The van der Waals surface area contributed by atoms with E-state index in [9.17, 15) is 13.6 Å². The number of aromatic amines is 1. The Hall–Kier alpha value is -1.79. The smallest absolute Gasteiger partial charge is 0.259 e. The number of H-pyrrole nitrogens is 1. The number of fused-ring (bicyclic) bond motifs is 3. The number of aromatic nitrogens is 1. The number of hydrogen-bond donors (Lipinski definition) is 2. The van der Waals surface area contributed by atoms with Crippen LogP contribution in [0.3, 0.4) is 0 Å². The van der Waals surface area contributed by atoms with Gasteiger partial charge in [-0.2, -0.15) is 0 Å². The van der Waals surface area contributed by atoms with Crippen LogP contribution in [0.1, 0.15) is 17.3 Å². The van der Waals surface area contributed by atoms with Crippen LogP contribution in [0.5, 0.6) is 0 Å². The second-order valence-corrected chi connectivity index (χ2v) is 4.49. The molecule has 0 saturated carbocycles. The minimum atomic E-state index is -1.11. The van der Waals surface area contributed by atoms with Crippen molar-refractivity contribution in [1.82, 2.24) is 10.3 Å². The number of rotatable bonds is 1. The average Bonchev–Trinajstić information content (AvgIpc) is 2.41. The van der Waals surface area contributed by atoms with Crippen molar-refractivity contribution in [3.8, 4) is 0 Å². The van der Waals surface area contributed by atoms with Crippen molar-refractivity contribution in [3.05, 3.63) is 45.4 Å². The van der Waals surface area contributed by atoms with E-state index in [2.05, 4.69) is 10.3 Å². The molecule has 4 nitrogen and oxygen atoms in total. The first-order valence-electron chi connectivity index (χ1n) is 5.91. The van der Waals surface area contributed by atoms with Crippen molar-refractivity contribution in [3.63, 3.8) is 0 Å². The van der Waals surface area contributed by atoms with Gasteiger partial charge in [-0.25, -0.2) is 8.78 Å². The number of benzene rings is 1. The standard InChI is InChI=1S/C13H12F2N2O2/c1-16-8-4-19-5-9-10(8)6-2-3-7(14)12(15)11(6)13(18)17-9/h2-3,8,16H,4-5H2,1H3,(H,17,18)/t8-/m0/s1. The predicted molar refractivity (Wildman–Crippen MR) is 65.9 cm³/mol. The highest BCUT2D eigenvalue weighted by Gasteiger charge is 2.25. The molecule has 1 aliphatic rings. The first-order chi connectivity index (χ1) is 9.13. The molecular formula is C13H12F2N2O2. The third-order valence-corrected chi connectivity index (χ3v) is 3.43. The Bertz CT molecular complexity index is 712. The molecule has 0 unspecified atom stereocenters. The SMILES string of the molecule is CN[C@H]1COCc2[nH]c(=O)c3c(F)c(F)ccc3c21. The Morgan fingerprint density at radius 1 is 1.42 bits per heavy atom. The van der Waals surface area contributed by atoms with Crippen molar-refractivity contribution in [2.24, 2.45) is 0 Å². The number of pyridine rings is 1. The maximum atomic E-state index is 13.8. The summed E-state index contributed by atoms with van der Waals surface area (Å²) < 4.78 is 32.4. The fourth-order valence-electron chi connectivity index (χ4n) is 2.53. The van der Waals surface area contributed by atoms with Crippen LogP contribution >= 0.6 is 0 Å². The van der Waals surface area contributed by atoms with Crippen LogP contribution in [0.4, 0.5) is 8.78 Å². The molecule has 2 aromatic rings. The predicted octanol–water partition coefficient (Wildman–Crippen LogP) is 1.60. The summed E-state index contributed by atoms with van der Waals surface area (Å²) in [5, 5.41) is 3.24. The second kappa shape index (κ2) is 4.40. The van der Waals surface area contributed by atoms with E-state index in [1.54, 1.807) is 7.05 Å². The highest BCUT2D eigenvalue weighted by atomic mass is 19.2. The van der Waals surface area contributed by atoms with Gasteiger partial charge in [0.25, 0.3) is 5.56 Å². The van der Waals surface area contributed by atoms with Gasteiger partial charge in [0.05, 0.1) is 24.6 Å². The van der Waals surface area contributed by atoms with Crippen LogP contribution in [0, 0.1) is 11.6 Å². The van der Waals surface area contributed by atoms with E-state index in [0.29, 0.717) is 17.7 Å². The van der Waals surface area contributed by atoms with Crippen LogP contribution < -0.4 is 10.9 Å². The maximum absolute atomic E-state index is 13.8. The number of halogens is 2. The molecule has 1 atom stereocenters. The number of hydrogen-bond acceptors (Lipinski definition) is 3. The van der Waals surface area contributed by atoms with Crippen LogP contribution in [-0.2, 0) is 11.3 Å². The zero-order valence-corrected chi connectivity index (χ0v) is 10.2. The molecule has 6 heteroatoms. The van der Waals surface area contributed by atoms with Gasteiger partial charge in [-0.05, 0) is 18.5 Å². The van der Waals surface area contributed by atoms with Gasteiger partial charge in [0.2, 0.25) is 0 Å². The van der Waals surface area contributed by atoms with Gasteiger partial charge in [0.1, 0.15) is 0 Å². The highest BCUT2D eigenvalue weighted by Crippen LogP contribution is 2.30. The van der Waals surface area contributed by atoms with Crippen molar-refractivity contribution < 1.29 is 13.5 Å². The van der Waals surface area contributed by atoms with Gasteiger partial charge in [-0.3, -0.25) is 4.79 Å². The first-order valence-corrected chi connectivity index (χ1v) is 5.91. The summed E-state index contributed by atoms with van der Waals surface area (Å²) in [6.07, 6.45) is 0. The quantitative estimate of drug-likeness (QED) is 0.824. The minimum Gasteiger partial charge on any atom is -0.373 e. The Morgan fingerprint density at radius 3 is 2.95 bits per heavy atom. The molecule has 0 fully saturated rings. The van der Waals surface area contributed by atoms with E-state index < -0.39 is 17.2 Å². The van der Waals surface area contributed by atoms with Crippen molar-refractivity contribution in [2.75, 3.05) is 13.7 Å². The zero-order chi connectivity index (χ0) is 13.6. The fraction of sp³-hybridized carbons (Fsp3) is 0.308. The average molecular weight is 266 g/mol. The number of likely N-dealkylation sites (N-methyl/N-ethyl adjacent to an activating group) is 1. The number of nitrogens with one attached hydrogen (secondary N) is 2. The largest absolute Gasteiger partial charge is 0.373 e. The summed E-state index contributed by atoms with van der Waals surface area (Å²) >= 11 is 0. The molecule has 2 heterocycles. The monoisotopic (exact) mass is 266 g/mol. The normalized spacial score (nSPS) is 18.6. The van der Waals surface area contributed by atoms with Crippen LogP contribution in [0.15, 0.2) is 16.9 Å². The molecule has 100 valence electrons. The van der Waals surface area contributed by atoms with E-state index in [0.717, 1.165) is 11.6 Å². The van der Waals surface area contributed by atoms with Crippen molar-refractivity contribution >= 4 is 10.8 Å². The minimum absolute atomic E-state index is 0.159. The maximum Gasteiger partial charge on any atom is 0.259 e. The van der Waals surface area contributed by atoms with E-state index in [1.165, 1.54) is 6.07 Å². The van der Waals surface area contributed by atoms with Gasteiger partial charge in [-0.15, -0.1) is 0 Å². The third kappa shape index (κ3) is 1.75. The molecular weight excluding hydrogens is 254 g/mol. The Morgan fingerprint density at radius 2 is 2.21 bits per heavy atom. The third-order valence-electron chi connectivity index (χ3n) is 3.43. The lowest BCUT2D eigenvalue weighted by atomic mass is 9.96. The van der Waals surface area contributed by atoms with E-state index >= 15 is 0 Å². The van der Waals surface area contributed by atoms with Crippen LogP contribution in [0.25, 0.3) is 10.8 Å². The van der Waals surface area contributed by atoms with E-state index in [-0.39, 0.29) is 18.0 Å². The van der Waals surface area contributed by atoms with Gasteiger partial charge >= 0.3 is 0 Å². The van der Waals surface area contributed by atoms with Gasteiger partial charge in [0, 0.05) is 11.3 Å². The molecule has 3 rings (SSSR count). The van der Waals surface area contributed by atoms with E-state index in [1.807, 2.05) is 0 Å². The molecule has 1 aliphatic heterocycles. The molecule has 1 aromatic heterocycles. The van der Waals surface area contributed by atoms with Gasteiger partial charge in [-0.1, -0.05) is 6.07 Å². The Kier molecular flexibility index (Phi) is 2.83. The summed E-state index contributed by atoms with van der Waals surface area (Å²) in [5.41, 5.74) is 0.738. The van der Waals surface area contributed by atoms with Crippen LogP contribution in [-0.4, -0.2) is 18.6 Å². The van der Waals surface area contributed by atoms with Crippen LogP contribution in [0.2, 0.25) is 0 Å². The summed E-state index contributed by atoms with van der Waals surface area (Å²) in [7, 11) is 1.75. The van der Waals surface area contributed by atoms with Gasteiger partial charge < -0.3 is 15.0 Å². The summed E-state index contributed by atoms with van der Waals surface area (Å²) in [6, 6.07) is 2.32. The second-order valence-electron chi connectivity index (χ2n) is 4.49.